The molecule has 0 saturated carbocycles. The van der Waals surface area contributed by atoms with Crippen molar-refractivity contribution in [3.8, 4) is 0 Å². The standard InChI is InChI=1S/C21H19F3N6O2/c22-21(23,24)18-10-15(27-20-25-12-26-30(18)20)14-7-4-8-29(11-14)19(31)17-9-16(28-32-17)13-5-2-1-3-6-13/h1-3,5-6,10,12,14,17H,4,7-9,11H2. The summed E-state index contributed by atoms with van der Waals surface area (Å²) in [4.78, 5) is 28.2. The van der Waals surface area contributed by atoms with Gasteiger partial charge in [0.2, 0.25) is 6.10 Å². The van der Waals surface area contributed by atoms with E-state index >= 15 is 0 Å². The van der Waals surface area contributed by atoms with Gasteiger partial charge in [-0.25, -0.2) is 4.98 Å². The van der Waals surface area contributed by atoms with Gasteiger partial charge >= 0.3 is 6.18 Å². The lowest BCUT2D eigenvalue weighted by Crippen LogP contribution is -2.44. The van der Waals surface area contributed by atoms with Gasteiger partial charge in [-0.1, -0.05) is 35.5 Å². The van der Waals surface area contributed by atoms with Crippen LogP contribution >= 0.6 is 0 Å². The van der Waals surface area contributed by atoms with Crippen LogP contribution in [0.4, 0.5) is 13.2 Å². The Morgan fingerprint density at radius 2 is 2.00 bits per heavy atom. The molecule has 2 atom stereocenters. The zero-order chi connectivity index (χ0) is 22.3. The third-order valence-corrected chi connectivity index (χ3v) is 5.76. The highest BCUT2D eigenvalue weighted by atomic mass is 19.4. The molecule has 0 aliphatic carbocycles. The Bertz CT molecular complexity index is 1180. The molecule has 1 aromatic carbocycles. The number of fused-ring (bicyclic) bond motifs is 1. The SMILES string of the molecule is O=C(C1CC(c2ccccc2)=NO1)N1CCCC(c2cc(C(F)(F)F)n3ncnc3n2)C1. The van der Waals surface area contributed by atoms with Crippen molar-refractivity contribution >= 4 is 17.4 Å². The van der Waals surface area contributed by atoms with Gasteiger partial charge in [-0.05, 0) is 24.5 Å². The van der Waals surface area contributed by atoms with E-state index in [2.05, 4.69) is 20.2 Å². The number of hydrogen-bond acceptors (Lipinski definition) is 6. The number of aromatic nitrogens is 4. The molecular weight excluding hydrogens is 425 g/mol. The first-order valence-electron chi connectivity index (χ1n) is 10.2. The lowest BCUT2D eigenvalue weighted by atomic mass is 9.93. The Labute approximate surface area is 180 Å². The number of alkyl halides is 3. The Morgan fingerprint density at radius 3 is 2.78 bits per heavy atom. The van der Waals surface area contributed by atoms with E-state index in [9.17, 15) is 18.0 Å². The summed E-state index contributed by atoms with van der Waals surface area (Å²) < 4.78 is 41.2. The van der Waals surface area contributed by atoms with Crippen LogP contribution in [0.2, 0.25) is 0 Å². The van der Waals surface area contributed by atoms with Gasteiger partial charge in [0.25, 0.3) is 11.7 Å². The Morgan fingerprint density at radius 1 is 1.19 bits per heavy atom. The molecule has 2 unspecified atom stereocenters. The number of nitrogens with zero attached hydrogens (tertiary/aromatic N) is 6. The Balaban J connectivity index is 1.33. The Hall–Kier alpha value is -3.50. The van der Waals surface area contributed by atoms with Crippen LogP contribution in [-0.2, 0) is 15.8 Å². The van der Waals surface area contributed by atoms with Crippen molar-refractivity contribution in [2.45, 2.75) is 37.5 Å². The molecule has 3 aromatic rings. The van der Waals surface area contributed by atoms with Gasteiger partial charge in [0.05, 0.1) is 11.4 Å². The minimum atomic E-state index is -4.60. The molecular formula is C21H19F3N6O2. The molecule has 11 heteroatoms. The van der Waals surface area contributed by atoms with Crippen molar-refractivity contribution in [1.82, 2.24) is 24.5 Å². The molecule has 1 saturated heterocycles. The summed E-state index contributed by atoms with van der Waals surface area (Å²) in [7, 11) is 0. The van der Waals surface area contributed by atoms with Crippen LogP contribution in [0.15, 0.2) is 47.9 Å². The molecule has 0 bridgehead atoms. The molecule has 32 heavy (non-hydrogen) atoms. The first kappa shape index (κ1) is 20.4. The molecule has 0 N–H and O–H groups in total. The number of amides is 1. The van der Waals surface area contributed by atoms with Crippen molar-refractivity contribution in [1.29, 1.82) is 0 Å². The van der Waals surface area contributed by atoms with Crippen LogP contribution in [0.25, 0.3) is 5.78 Å². The summed E-state index contributed by atoms with van der Waals surface area (Å²) in [6.45, 7) is 0.767. The predicted molar refractivity (Wildman–Crippen MR) is 107 cm³/mol. The van der Waals surface area contributed by atoms with E-state index in [1.807, 2.05) is 30.3 Å². The maximum Gasteiger partial charge on any atom is 0.433 e. The van der Waals surface area contributed by atoms with Crippen molar-refractivity contribution in [3.63, 3.8) is 0 Å². The lowest BCUT2D eigenvalue weighted by molar-refractivity contribution is -0.144. The number of carbonyl (C=O) groups excluding carboxylic acids is 1. The third-order valence-electron chi connectivity index (χ3n) is 5.76. The molecule has 1 fully saturated rings. The van der Waals surface area contributed by atoms with Crippen molar-refractivity contribution in [2.24, 2.45) is 5.16 Å². The smallest absolute Gasteiger partial charge is 0.382 e. The zero-order valence-corrected chi connectivity index (χ0v) is 16.9. The average Bonchev–Trinajstić information content (AvgIpc) is 3.48. The van der Waals surface area contributed by atoms with Crippen molar-refractivity contribution < 1.29 is 22.8 Å². The highest BCUT2D eigenvalue weighted by Gasteiger charge is 2.38. The second-order valence-electron chi connectivity index (χ2n) is 7.86. The number of carbonyl (C=O) groups is 1. The van der Waals surface area contributed by atoms with Gasteiger partial charge in [0.15, 0.2) is 5.69 Å². The zero-order valence-electron chi connectivity index (χ0n) is 16.9. The summed E-state index contributed by atoms with van der Waals surface area (Å²) >= 11 is 0. The minimum absolute atomic E-state index is 0.113. The van der Waals surface area contributed by atoms with Crippen molar-refractivity contribution in [2.75, 3.05) is 13.1 Å². The van der Waals surface area contributed by atoms with E-state index in [4.69, 9.17) is 4.84 Å². The second-order valence-corrected chi connectivity index (χ2v) is 7.86. The highest BCUT2D eigenvalue weighted by Crippen LogP contribution is 2.33. The van der Waals surface area contributed by atoms with Gasteiger partial charge in [-0.3, -0.25) is 4.79 Å². The largest absolute Gasteiger partial charge is 0.433 e. The molecule has 2 aliphatic rings. The van der Waals surface area contributed by atoms with Crippen LogP contribution in [0, 0.1) is 0 Å². The van der Waals surface area contributed by atoms with E-state index in [-0.39, 0.29) is 29.8 Å². The van der Waals surface area contributed by atoms with E-state index in [1.54, 1.807) is 4.90 Å². The molecule has 4 heterocycles. The summed E-state index contributed by atoms with van der Waals surface area (Å²) in [5.74, 6) is -0.672. The van der Waals surface area contributed by atoms with E-state index in [0.29, 0.717) is 36.0 Å². The highest BCUT2D eigenvalue weighted by molar-refractivity contribution is 6.04. The quantitative estimate of drug-likeness (QED) is 0.620. The van der Waals surface area contributed by atoms with Gasteiger partial charge in [0.1, 0.15) is 6.33 Å². The number of halogens is 3. The molecule has 2 aliphatic heterocycles. The van der Waals surface area contributed by atoms with Crippen LogP contribution in [0.3, 0.4) is 0 Å². The maximum atomic E-state index is 13.5. The predicted octanol–water partition coefficient (Wildman–Crippen LogP) is 3.04. The Kier molecular flexibility index (Phi) is 5.03. The molecule has 5 rings (SSSR count). The summed E-state index contributed by atoms with van der Waals surface area (Å²) in [5, 5.41) is 7.69. The van der Waals surface area contributed by atoms with Crippen molar-refractivity contribution in [3.05, 3.63) is 59.7 Å². The van der Waals surface area contributed by atoms with Gasteiger partial charge in [-0.15, -0.1) is 0 Å². The fraction of sp³-hybridized carbons (Fsp3) is 0.381. The molecule has 8 nitrogen and oxygen atoms in total. The molecule has 0 spiro atoms. The third kappa shape index (κ3) is 3.78. The maximum absolute atomic E-state index is 13.5. The van der Waals surface area contributed by atoms with Crippen LogP contribution < -0.4 is 0 Å². The fourth-order valence-corrected chi connectivity index (χ4v) is 4.17. The molecule has 0 radical (unpaired) electrons. The number of oxime groups is 1. The van der Waals surface area contributed by atoms with E-state index < -0.39 is 18.0 Å². The first-order valence-corrected chi connectivity index (χ1v) is 10.2. The molecule has 2 aromatic heterocycles. The second kappa shape index (κ2) is 7.88. The van der Waals surface area contributed by atoms with Crippen LogP contribution in [0.1, 0.15) is 42.1 Å². The number of piperidine rings is 1. The van der Waals surface area contributed by atoms with E-state index in [0.717, 1.165) is 18.0 Å². The summed E-state index contributed by atoms with van der Waals surface area (Å²) in [5.41, 5.74) is 0.915. The lowest BCUT2D eigenvalue weighted by Gasteiger charge is -2.33. The topological polar surface area (TPSA) is 85.0 Å². The van der Waals surface area contributed by atoms with E-state index in [1.165, 1.54) is 0 Å². The minimum Gasteiger partial charge on any atom is -0.382 e. The summed E-state index contributed by atoms with van der Waals surface area (Å²) in [6.07, 6.45) is -2.67. The van der Waals surface area contributed by atoms with Crippen LogP contribution in [-0.4, -0.2) is 55.3 Å². The number of rotatable bonds is 3. The number of likely N-dealkylation sites (tertiary alicyclic amines) is 1. The van der Waals surface area contributed by atoms with Gasteiger partial charge in [-0.2, -0.15) is 27.8 Å². The number of benzene rings is 1. The van der Waals surface area contributed by atoms with Crippen LogP contribution in [0.5, 0.6) is 0 Å². The first-order chi connectivity index (χ1) is 15.4. The van der Waals surface area contributed by atoms with Gasteiger partial charge in [0, 0.05) is 25.4 Å². The monoisotopic (exact) mass is 444 g/mol. The number of hydrogen-bond donors (Lipinski definition) is 0. The molecule has 166 valence electrons. The average molecular weight is 444 g/mol. The molecule has 1 amide bonds. The fourth-order valence-electron chi connectivity index (χ4n) is 4.17. The normalized spacial score (nSPS) is 21.5. The van der Waals surface area contributed by atoms with Gasteiger partial charge < -0.3 is 9.74 Å². The summed E-state index contributed by atoms with van der Waals surface area (Å²) in [6, 6.07) is 10.5.